The fraction of sp³-hybridized carbons (Fsp3) is 0.115. The maximum absolute atomic E-state index is 12.0. The molecule has 17 aromatic carbocycles. The van der Waals surface area contributed by atoms with Crippen molar-refractivity contribution in [3.63, 3.8) is 0 Å². The zero-order valence-electron chi connectivity index (χ0n) is 65.7. The van der Waals surface area contributed by atoms with Gasteiger partial charge in [-0.05, 0) is 205 Å². The summed E-state index contributed by atoms with van der Waals surface area (Å²) in [5, 5.41) is 15.0. The number of aromatic nitrogens is 1. The SMILES string of the molecule is [2H]c1c([2H])c(-n2c3ccccc3c3cc(-c4c5ccccc5cc5ccccc45)ccc32)c([2H])c2c1B1c3sc4c(cc5ccc6cccc7ccc4c5c67)c3N(c3c(-c4ccccc4)cc(C(C)(C)C)cc3-c3ccccc3)c3cc(C(C)(C)C)cc(c31)N2c1c(-c2ccccc2)cc(C(C)(C)C)cc1-c1ccccc1. The minimum atomic E-state index is -0.668. The molecule has 2 aliphatic heterocycles. The third-order valence-electron chi connectivity index (χ3n) is 23.6. The number of para-hydroxylation sites is 1. The highest BCUT2D eigenvalue weighted by Gasteiger charge is 2.48. The van der Waals surface area contributed by atoms with Gasteiger partial charge in [0.2, 0.25) is 0 Å². The molecule has 0 N–H and O–H groups in total. The molecule has 0 atom stereocenters. The van der Waals surface area contributed by atoms with E-state index in [4.69, 9.17) is 0 Å². The molecule has 19 aromatic rings. The molecular weight excluding hydrogens is 1330 g/mol. The van der Waals surface area contributed by atoms with Crippen molar-refractivity contribution < 1.29 is 4.11 Å². The predicted molar refractivity (Wildman–Crippen MR) is 472 cm³/mol. The lowest BCUT2D eigenvalue weighted by Crippen LogP contribution is -2.60. The van der Waals surface area contributed by atoms with Gasteiger partial charge >= 0.3 is 0 Å². The summed E-state index contributed by atoms with van der Waals surface area (Å²) < 4.78 is 39.3. The minimum absolute atomic E-state index is 0.00946. The van der Waals surface area contributed by atoms with Gasteiger partial charge in [-0.3, -0.25) is 0 Å². The highest BCUT2D eigenvalue weighted by Crippen LogP contribution is 2.58. The molecule has 0 radical (unpaired) electrons. The van der Waals surface area contributed by atoms with E-state index < -0.39 is 12.1 Å². The van der Waals surface area contributed by atoms with Gasteiger partial charge in [0, 0.05) is 76.0 Å². The van der Waals surface area contributed by atoms with E-state index in [0.717, 1.165) is 143 Å². The largest absolute Gasteiger partial charge is 0.310 e. The first-order chi connectivity index (χ1) is 54.2. The number of anilines is 6. The van der Waals surface area contributed by atoms with E-state index >= 15 is 0 Å². The van der Waals surface area contributed by atoms with Crippen LogP contribution in [0.2, 0.25) is 0 Å². The quantitative estimate of drug-likeness (QED) is 0.0853. The first kappa shape index (κ1) is 61.8. The Bertz CT molecular complexity index is 6970. The molecule has 520 valence electrons. The summed E-state index contributed by atoms with van der Waals surface area (Å²) in [6, 6.07) is 112. The van der Waals surface area contributed by atoms with Crippen LogP contribution in [0.3, 0.4) is 0 Å². The Morgan fingerprint density at radius 2 is 0.780 bits per heavy atom. The Morgan fingerprint density at radius 3 is 1.33 bits per heavy atom. The van der Waals surface area contributed by atoms with Gasteiger partial charge in [-0.1, -0.05) is 305 Å². The fourth-order valence-electron chi connectivity index (χ4n) is 18.2. The van der Waals surface area contributed by atoms with Crippen LogP contribution >= 0.6 is 11.3 Å². The molecule has 2 aliphatic rings. The highest BCUT2D eigenvalue weighted by atomic mass is 32.1. The third kappa shape index (κ3) is 10.1. The van der Waals surface area contributed by atoms with Gasteiger partial charge in [0.15, 0.2) is 0 Å². The first-order valence-corrected chi connectivity index (χ1v) is 39.2. The third-order valence-corrected chi connectivity index (χ3v) is 24.9. The summed E-state index contributed by atoms with van der Waals surface area (Å²) in [6.07, 6.45) is 0. The second kappa shape index (κ2) is 24.1. The van der Waals surface area contributed by atoms with Crippen molar-refractivity contribution in [1.82, 2.24) is 4.57 Å². The first-order valence-electron chi connectivity index (χ1n) is 39.8. The average molecular weight is 1420 g/mol. The number of benzene rings is 17. The molecule has 4 heterocycles. The molecule has 0 spiro atoms. The molecule has 0 fully saturated rings. The molecule has 109 heavy (non-hydrogen) atoms. The maximum atomic E-state index is 12.0. The topological polar surface area (TPSA) is 11.4 Å². The van der Waals surface area contributed by atoms with Crippen molar-refractivity contribution in [3.8, 4) is 61.3 Å². The number of hydrogen-bond donors (Lipinski definition) is 0. The smallest absolute Gasteiger partial charge is 0.264 e. The van der Waals surface area contributed by atoms with Crippen LogP contribution in [0.25, 0.3) is 147 Å². The van der Waals surface area contributed by atoms with Gasteiger partial charge in [-0.2, -0.15) is 0 Å². The molecule has 0 bridgehead atoms. The normalized spacial score (nSPS) is 13.5. The van der Waals surface area contributed by atoms with E-state index in [0.29, 0.717) is 16.8 Å². The second-order valence-corrected chi connectivity index (χ2v) is 34.3. The standard InChI is InChI=1S/C104H80BN3S/c1-102(2,3)73-56-81(63-29-14-10-15-30-63)97(82(57-73)64-31-16-11-17-32-64)107-90-62-76(106-88-44-27-26-43-79(88)85-54-71(48-52-89(85)106)94-77-41-24-22-37-69(77)53-70-38-23-25-42-78(70)94)49-51-87(90)105-96-91(107)60-75(104(7,8)9)61-92(96)108(98-83(65-33-18-12-19-34-65)58-74(103(4,5)6)59-84(98)66-35-20-13-21-36-66)99-86-55-72-46-45-67-39-28-40-68-47-50-80(95(72)93(67)68)100(86)109-101(99)105/h10-62H,1-9H3/i49D,51D,62D. The summed E-state index contributed by atoms with van der Waals surface area (Å²) in [6.45, 7) is 20.2. The lowest BCUT2D eigenvalue weighted by molar-refractivity contribution is 0.590. The van der Waals surface area contributed by atoms with Crippen molar-refractivity contribution >= 4 is 154 Å². The van der Waals surface area contributed by atoms with E-state index in [2.05, 4.69) is 380 Å². The summed E-state index contributed by atoms with van der Waals surface area (Å²) in [4.78, 5) is 5.12. The highest BCUT2D eigenvalue weighted by molar-refractivity contribution is 7.34. The van der Waals surface area contributed by atoms with E-state index in [9.17, 15) is 4.11 Å². The lowest BCUT2D eigenvalue weighted by atomic mass is 9.36. The van der Waals surface area contributed by atoms with Crippen LogP contribution in [-0.2, 0) is 16.2 Å². The molecule has 2 aromatic heterocycles. The Hall–Kier alpha value is -12.3. The molecule has 5 heteroatoms. The van der Waals surface area contributed by atoms with Gasteiger partial charge in [0.1, 0.15) is 0 Å². The number of thiophene rings is 1. The van der Waals surface area contributed by atoms with Crippen LogP contribution in [0.15, 0.2) is 321 Å². The van der Waals surface area contributed by atoms with Crippen LogP contribution in [0.5, 0.6) is 0 Å². The van der Waals surface area contributed by atoms with Crippen LogP contribution in [0.4, 0.5) is 34.1 Å². The Kier molecular flexibility index (Phi) is 13.7. The number of rotatable bonds is 8. The molecule has 21 rings (SSSR count). The molecule has 0 saturated heterocycles. The molecule has 0 amide bonds. The summed E-state index contributed by atoms with van der Waals surface area (Å²) >= 11 is 1.83. The molecule has 0 aliphatic carbocycles. The van der Waals surface area contributed by atoms with Crippen molar-refractivity contribution in [2.75, 3.05) is 9.80 Å². The van der Waals surface area contributed by atoms with Crippen molar-refractivity contribution in [2.24, 2.45) is 0 Å². The zero-order valence-corrected chi connectivity index (χ0v) is 63.5. The van der Waals surface area contributed by atoms with E-state index in [1.165, 1.54) is 54.0 Å². The molecular formula is C104H80BN3S. The molecule has 3 nitrogen and oxygen atoms in total. The van der Waals surface area contributed by atoms with E-state index in [1.54, 1.807) is 0 Å². The van der Waals surface area contributed by atoms with Gasteiger partial charge in [-0.25, -0.2) is 0 Å². The Labute approximate surface area is 645 Å². The molecule has 0 unspecified atom stereocenters. The Balaban J connectivity index is 0.961. The van der Waals surface area contributed by atoms with E-state index in [-0.39, 0.29) is 29.0 Å². The average Bonchev–Trinajstić information content (AvgIpc) is 1.30. The Morgan fingerprint density at radius 1 is 0.321 bits per heavy atom. The summed E-state index contributed by atoms with van der Waals surface area (Å²) in [5.74, 6) is 0. The predicted octanol–water partition coefficient (Wildman–Crippen LogP) is 27.5. The van der Waals surface area contributed by atoms with Crippen LogP contribution in [0, 0.1) is 0 Å². The van der Waals surface area contributed by atoms with Crippen molar-refractivity contribution in [2.45, 2.75) is 78.6 Å². The summed E-state index contributed by atoms with van der Waals surface area (Å²) in [5.41, 5.74) is 22.3. The number of fused-ring (bicyclic) bond motifs is 12. The monoisotopic (exact) mass is 1420 g/mol. The van der Waals surface area contributed by atoms with Crippen LogP contribution < -0.4 is 25.5 Å². The van der Waals surface area contributed by atoms with Crippen molar-refractivity contribution in [1.29, 1.82) is 0 Å². The second-order valence-electron chi connectivity index (χ2n) is 33.3. The van der Waals surface area contributed by atoms with E-state index in [1.807, 2.05) is 11.3 Å². The van der Waals surface area contributed by atoms with Crippen LogP contribution in [-0.4, -0.2) is 11.3 Å². The van der Waals surface area contributed by atoms with Crippen LogP contribution in [0.1, 0.15) is 83.1 Å². The minimum Gasteiger partial charge on any atom is -0.310 e. The lowest BCUT2D eigenvalue weighted by Gasteiger charge is -2.46. The molecule has 0 saturated carbocycles. The zero-order chi connectivity index (χ0) is 76.1. The fourth-order valence-corrected chi connectivity index (χ4v) is 19.6. The van der Waals surface area contributed by atoms with Gasteiger partial charge < -0.3 is 14.4 Å². The van der Waals surface area contributed by atoms with Gasteiger partial charge in [0.25, 0.3) is 6.71 Å². The van der Waals surface area contributed by atoms with Gasteiger partial charge in [0.05, 0.1) is 32.2 Å². The number of hydrogen-bond acceptors (Lipinski definition) is 3. The summed E-state index contributed by atoms with van der Waals surface area (Å²) in [7, 11) is 0. The maximum Gasteiger partial charge on any atom is 0.264 e. The number of nitrogens with zero attached hydrogens (tertiary/aromatic N) is 3. The van der Waals surface area contributed by atoms with Crippen molar-refractivity contribution in [3.05, 3.63) is 338 Å². The van der Waals surface area contributed by atoms with Gasteiger partial charge in [-0.15, -0.1) is 11.3 Å².